The van der Waals surface area contributed by atoms with E-state index in [9.17, 15) is 13.2 Å². The molecule has 2 saturated heterocycles. The Hall–Kier alpha value is -1.48. The SMILES string of the molecule is O=C(NCCN1CCCS1(=O)=O)C1CC(c2ccccc2)NN1. The predicted molar refractivity (Wildman–Crippen MR) is 86.8 cm³/mol. The second-order valence-electron chi connectivity index (χ2n) is 5.90. The molecule has 2 fully saturated rings. The molecule has 3 rings (SSSR count). The molecule has 0 spiro atoms. The molecule has 2 aliphatic heterocycles. The second-order valence-corrected chi connectivity index (χ2v) is 7.99. The van der Waals surface area contributed by atoms with Gasteiger partial charge in [-0.05, 0) is 18.4 Å². The van der Waals surface area contributed by atoms with Gasteiger partial charge in [0.25, 0.3) is 0 Å². The summed E-state index contributed by atoms with van der Waals surface area (Å²) in [6.07, 6.45) is 1.33. The van der Waals surface area contributed by atoms with Gasteiger partial charge in [-0.15, -0.1) is 0 Å². The highest BCUT2D eigenvalue weighted by Crippen LogP contribution is 2.21. The first kappa shape index (κ1) is 16.4. The van der Waals surface area contributed by atoms with Gasteiger partial charge in [0.15, 0.2) is 0 Å². The van der Waals surface area contributed by atoms with Crippen molar-refractivity contribution in [3.63, 3.8) is 0 Å². The minimum absolute atomic E-state index is 0.103. The fraction of sp³-hybridized carbons (Fsp3) is 0.533. The van der Waals surface area contributed by atoms with Gasteiger partial charge in [-0.2, -0.15) is 0 Å². The summed E-state index contributed by atoms with van der Waals surface area (Å²) in [6.45, 7) is 1.24. The maximum atomic E-state index is 12.2. The van der Waals surface area contributed by atoms with Gasteiger partial charge in [0.2, 0.25) is 15.9 Å². The van der Waals surface area contributed by atoms with E-state index in [4.69, 9.17) is 0 Å². The van der Waals surface area contributed by atoms with Gasteiger partial charge >= 0.3 is 0 Å². The van der Waals surface area contributed by atoms with Crippen molar-refractivity contribution >= 4 is 15.9 Å². The van der Waals surface area contributed by atoms with Crippen LogP contribution in [0.4, 0.5) is 0 Å². The Labute approximate surface area is 136 Å². The largest absolute Gasteiger partial charge is 0.353 e. The molecule has 1 aromatic rings. The molecule has 1 amide bonds. The molecule has 126 valence electrons. The lowest BCUT2D eigenvalue weighted by Gasteiger charge is -2.16. The minimum atomic E-state index is -3.09. The zero-order valence-electron chi connectivity index (χ0n) is 12.9. The number of benzene rings is 1. The molecule has 3 N–H and O–H groups in total. The highest BCUT2D eigenvalue weighted by molar-refractivity contribution is 7.89. The molecule has 0 aromatic heterocycles. The molecule has 7 nitrogen and oxygen atoms in total. The maximum absolute atomic E-state index is 12.2. The Balaban J connectivity index is 1.45. The number of nitrogens with zero attached hydrogens (tertiary/aromatic N) is 1. The molecule has 1 aromatic carbocycles. The number of hydrazine groups is 1. The number of amides is 1. The van der Waals surface area contributed by atoms with Crippen molar-refractivity contribution in [1.82, 2.24) is 20.5 Å². The van der Waals surface area contributed by atoms with Gasteiger partial charge in [0, 0.05) is 25.7 Å². The van der Waals surface area contributed by atoms with Gasteiger partial charge in [-0.25, -0.2) is 23.6 Å². The van der Waals surface area contributed by atoms with E-state index in [1.54, 1.807) is 0 Å². The lowest BCUT2D eigenvalue weighted by atomic mass is 10.0. The van der Waals surface area contributed by atoms with Crippen LogP contribution in [0.1, 0.15) is 24.4 Å². The number of hydrogen-bond acceptors (Lipinski definition) is 5. The summed E-state index contributed by atoms with van der Waals surface area (Å²) >= 11 is 0. The van der Waals surface area contributed by atoms with Crippen LogP contribution in [0.15, 0.2) is 30.3 Å². The molecule has 8 heteroatoms. The van der Waals surface area contributed by atoms with E-state index in [1.807, 2.05) is 30.3 Å². The Morgan fingerprint density at radius 1 is 1.26 bits per heavy atom. The first-order valence-corrected chi connectivity index (χ1v) is 9.49. The van der Waals surface area contributed by atoms with Gasteiger partial charge < -0.3 is 5.32 Å². The first-order valence-electron chi connectivity index (χ1n) is 7.88. The van der Waals surface area contributed by atoms with Crippen LogP contribution in [0.2, 0.25) is 0 Å². The summed E-state index contributed by atoms with van der Waals surface area (Å²) in [5, 5.41) is 2.81. The van der Waals surface area contributed by atoms with E-state index in [2.05, 4.69) is 16.2 Å². The van der Waals surface area contributed by atoms with E-state index in [-0.39, 0.29) is 23.7 Å². The van der Waals surface area contributed by atoms with E-state index >= 15 is 0 Å². The molecule has 2 heterocycles. The zero-order chi connectivity index (χ0) is 16.3. The van der Waals surface area contributed by atoms with E-state index in [0.29, 0.717) is 32.5 Å². The highest BCUT2D eigenvalue weighted by Gasteiger charge is 2.31. The number of carbonyl (C=O) groups is 1. The molecule has 0 aliphatic carbocycles. The lowest BCUT2D eigenvalue weighted by molar-refractivity contribution is -0.122. The Morgan fingerprint density at radius 2 is 2.04 bits per heavy atom. The molecular formula is C15H22N4O3S. The van der Waals surface area contributed by atoms with Crippen LogP contribution in [0.25, 0.3) is 0 Å². The normalized spacial score (nSPS) is 27.1. The van der Waals surface area contributed by atoms with Crippen molar-refractivity contribution in [3.8, 4) is 0 Å². The van der Waals surface area contributed by atoms with Gasteiger partial charge in [0.05, 0.1) is 5.75 Å². The summed E-state index contributed by atoms with van der Waals surface area (Å²) in [5.41, 5.74) is 7.27. The highest BCUT2D eigenvalue weighted by atomic mass is 32.2. The average molecular weight is 338 g/mol. The number of hydrogen-bond donors (Lipinski definition) is 3. The fourth-order valence-electron chi connectivity index (χ4n) is 3.00. The van der Waals surface area contributed by atoms with Crippen molar-refractivity contribution in [1.29, 1.82) is 0 Å². The van der Waals surface area contributed by atoms with Crippen LogP contribution in [0.3, 0.4) is 0 Å². The second kappa shape index (κ2) is 6.96. The summed E-state index contributed by atoms with van der Waals surface area (Å²) in [5.74, 6) is 0.112. The monoisotopic (exact) mass is 338 g/mol. The number of nitrogens with one attached hydrogen (secondary N) is 3. The summed E-state index contributed by atoms with van der Waals surface area (Å²) < 4.78 is 24.8. The van der Waals surface area contributed by atoms with Crippen molar-refractivity contribution in [3.05, 3.63) is 35.9 Å². The molecule has 0 saturated carbocycles. The standard InChI is InChI=1S/C15H22N4O3S/c20-15(16-7-9-19-8-4-10-23(19,21)22)14-11-13(17-18-14)12-5-2-1-3-6-12/h1-3,5-6,13-14,17-18H,4,7-11H2,(H,16,20). The van der Waals surface area contributed by atoms with Crippen LogP contribution in [0.5, 0.6) is 0 Å². The van der Waals surface area contributed by atoms with Crippen LogP contribution in [0, 0.1) is 0 Å². The van der Waals surface area contributed by atoms with Crippen molar-refractivity contribution in [2.45, 2.75) is 24.9 Å². The molecule has 0 radical (unpaired) electrons. The molecule has 2 unspecified atom stereocenters. The topological polar surface area (TPSA) is 90.5 Å². The van der Waals surface area contributed by atoms with E-state index in [0.717, 1.165) is 5.56 Å². The first-order chi connectivity index (χ1) is 11.1. The predicted octanol–water partition coefficient (Wildman–Crippen LogP) is -0.254. The van der Waals surface area contributed by atoms with Crippen molar-refractivity contribution in [2.24, 2.45) is 0 Å². The van der Waals surface area contributed by atoms with Crippen LogP contribution >= 0.6 is 0 Å². The summed E-state index contributed by atoms with van der Waals surface area (Å²) in [4.78, 5) is 12.2. The van der Waals surface area contributed by atoms with Gasteiger partial charge in [-0.3, -0.25) is 4.79 Å². The Bertz CT molecular complexity index is 650. The zero-order valence-corrected chi connectivity index (χ0v) is 13.7. The molecule has 2 atom stereocenters. The third-order valence-electron chi connectivity index (χ3n) is 4.29. The number of sulfonamides is 1. The van der Waals surface area contributed by atoms with E-state index in [1.165, 1.54) is 4.31 Å². The Morgan fingerprint density at radius 3 is 2.74 bits per heavy atom. The minimum Gasteiger partial charge on any atom is -0.353 e. The van der Waals surface area contributed by atoms with Crippen LogP contribution in [-0.2, 0) is 14.8 Å². The van der Waals surface area contributed by atoms with Gasteiger partial charge in [-0.1, -0.05) is 30.3 Å². The quantitative estimate of drug-likeness (QED) is 0.689. The number of rotatable bonds is 5. The van der Waals surface area contributed by atoms with Crippen molar-refractivity contribution < 1.29 is 13.2 Å². The third kappa shape index (κ3) is 3.89. The molecule has 2 aliphatic rings. The fourth-order valence-corrected chi connectivity index (χ4v) is 4.53. The molecular weight excluding hydrogens is 316 g/mol. The van der Waals surface area contributed by atoms with Gasteiger partial charge in [0.1, 0.15) is 6.04 Å². The third-order valence-corrected chi connectivity index (χ3v) is 6.24. The average Bonchev–Trinajstić information content (AvgIpc) is 3.15. The van der Waals surface area contributed by atoms with Crippen molar-refractivity contribution in [2.75, 3.05) is 25.4 Å². The van der Waals surface area contributed by atoms with E-state index < -0.39 is 10.0 Å². The number of carbonyl (C=O) groups excluding carboxylic acids is 1. The maximum Gasteiger partial charge on any atom is 0.238 e. The Kier molecular flexibility index (Phi) is 4.96. The van der Waals surface area contributed by atoms with Crippen LogP contribution in [-0.4, -0.2) is 50.1 Å². The summed E-state index contributed by atoms with van der Waals surface area (Å²) in [6, 6.07) is 9.75. The molecule has 23 heavy (non-hydrogen) atoms. The summed E-state index contributed by atoms with van der Waals surface area (Å²) in [7, 11) is -3.09. The lowest BCUT2D eigenvalue weighted by Crippen LogP contribution is -2.45. The molecule has 0 bridgehead atoms. The van der Waals surface area contributed by atoms with Crippen LogP contribution < -0.4 is 16.2 Å². The smallest absolute Gasteiger partial charge is 0.238 e.